The van der Waals surface area contributed by atoms with Crippen molar-refractivity contribution < 1.29 is 17.6 Å². The van der Waals surface area contributed by atoms with E-state index in [9.17, 15) is 13.2 Å². The van der Waals surface area contributed by atoms with Crippen LogP contribution in [0.1, 0.15) is 38.0 Å². The van der Waals surface area contributed by atoms with Gasteiger partial charge in [-0.15, -0.1) is 24.0 Å². The molecule has 0 bridgehead atoms. The summed E-state index contributed by atoms with van der Waals surface area (Å²) in [4.78, 5) is 8.31. The first kappa shape index (κ1) is 26.0. The maximum Gasteiger partial charge on any atom is 0.401 e. The molecule has 1 fully saturated rings. The van der Waals surface area contributed by atoms with E-state index >= 15 is 0 Å². The Morgan fingerprint density at radius 2 is 2.00 bits per heavy atom. The molecule has 2 N–H and O–H groups in total. The number of hydrogen-bond donors (Lipinski definition) is 2. The summed E-state index contributed by atoms with van der Waals surface area (Å²) >= 11 is 0. The Balaban J connectivity index is 0.00000420. The molecule has 1 saturated heterocycles. The Kier molecular flexibility index (Phi) is 12.0. The zero-order valence-corrected chi connectivity index (χ0v) is 19.5. The summed E-state index contributed by atoms with van der Waals surface area (Å²) in [5, 5.41) is 6.28. The first-order valence-electron chi connectivity index (χ1n) is 9.94. The first-order chi connectivity index (χ1) is 13.4. The van der Waals surface area contributed by atoms with Gasteiger partial charge in [0.25, 0.3) is 0 Å². The summed E-state index contributed by atoms with van der Waals surface area (Å²) in [5.41, 5.74) is 0. The third-order valence-electron chi connectivity index (χ3n) is 4.70. The van der Waals surface area contributed by atoms with Crippen LogP contribution in [0.2, 0.25) is 0 Å². The lowest BCUT2D eigenvalue weighted by molar-refractivity contribution is -0.142. The molecule has 0 aliphatic carbocycles. The van der Waals surface area contributed by atoms with E-state index in [0.29, 0.717) is 25.6 Å². The number of nitrogens with one attached hydrogen (secondary N) is 2. The van der Waals surface area contributed by atoms with Crippen LogP contribution in [0.4, 0.5) is 13.2 Å². The van der Waals surface area contributed by atoms with Gasteiger partial charge < -0.3 is 15.1 Å². The van der Waals surface area contributed by atoms with E-state index in [1.807, 2.05) is 19.1 Å². The third kappa shape index (κ3) is 10.0. The molecule has 10 heteroatoms. The molecule has 1 unspecified atom stereocenters. The van der Waals surface area contributed by atoms with Gasteiger partial charge in [0.2, 0.25) is 0 Å². The second-order valence-electron chi connectivity index (χ2n) is 7.13. The zero-order valence-electron chi connectivity index (χ0n) is 17.2. The molecule has 1 aliphatic rings. The maximum atomic E-state index is 12.4. The summed E-state index contributed by atoms with van der Waals surface area (Å²) in [5.74, 6) is 1.50. The van der Waals surface area contributed by atoms with Gasteiger partial charge in [-0.2, -0.15) is 13.2 Å². The van der Waals surface area contributed by atoms with Gasteiger partial charge in [0.1, 0.15) is 5.76 Å². The molecule has 1 aromatic rings. The molecule has 1 atom stereocenters. The highest BCUT2D eigenvalue weighted by Crippen LogP contribution is 2.25. The van der Waals surface area contributed by atoms with Gasteiger partial charge in [0.05, 0.1) is 25.4 Å². The fourth-order valence-electron chi connectivity index (χ4n) is 3.37. The Morgan fingerprint density at radius 3 is 2.59 bits per heavy atom. The van der Waals surface area contributed by atoms with Gasteiger partial charge in [-0.05, 0) is 52.0 Å². The molecular weight excluding hydrogens is 498 g/mol. The van der Waals surface area contributed by atoms with E-state index in [1.165, 1.54) is 31.2 Å². The number of likely N-dealkylation sites (tertiary alicyclic amines) is 1. The zero-order chi connectivity index (χ0) is 20.4. The Hall–Kier alpha value is -1.01. The smallest absolute Gasteiger partial charge is 0.401 e. The van der Waals surface area contributed by atoms with Crippen LogP contribution < -0.4 is 10.6 Å². The summed E-state index contributed by atoms with van der Waals surface area (Å²) in [6.07, 6.45) is 1.09. The lowest BCUT2D eigenvalue weighted by Crippen LogP contribution is -2.43. The van der Waals surface area contributed by atoms with Gasteiger partial charge >= 0.3 is 6.18 Å². The number of hydrogen-bond acceptors (Lipinski definition) is 4. The van der Waals surface area contributed by atoms with E-state index in [1.54, 1.807) is 6.26 Å². The monoisotopic (exact) mass is 531 g/mol. The highest BCUT2D eigenvalue weighted by molar-refractivity contribution is 14.0. The predicted molar refractivity (Wildman–Crippen MR) is 120 cm³/mol. The van der Waals surface area contributed by atoms with Crippen LogP contribution in [0.3, 0.4) is 0 Å². The van der Waals surface area contributed by atoms with Crippen LogP contribution in [0.25, 0.3) is 0 Å². The number of piperidine rings is 1. The second kappa shape index (κ2) is 13.3. The van der Waals surface area contributed by atoms with Crippen molar-refractivity contribution in [2.75, 3.05) is 52.9 Å². The van der Waals surface area contributed by atoms with E-state index in [2.05, 4.69) is 20.5 Å². The number of nitrogens with zero attached hydrogens (tertiary/aromatic N) is 3. The van der Waals surface area contributed by atoms with E-state index in [0.717, 1.165) is 18.8 Å². The lowest BCUT2D eigenvalue weighted by Gasteiger charge is -2.32. The minimum Gasteiger partial charge on any atom is -0.468 e. The summed E-state index contributed by atoms with van der Waals surface area (Å²) < 4.78 is 42.9. The maximum absolute atomic E-state index is 12.4. The normalized spacial score (nSPS) is 17.1. The molecule has 2 rings (SSSR count). The molecule has 1 aliphatic heterocycles. The lowest BCUT2D eigenvalue weighted by atomic mass is 10.1. The fourth-order valence-corrected chi connectivity index (χ4v) is 3.37. The molecule has 0 saturated carbocycles. The summed E-state index contributed by atoms with van der Waals surface area (Å²) in [6, 6.07) is 3.93. The van der Waals surface area contributed by atoms with Crippen LogP contribution in [0.5, 0.6) is 0 Å². The van der Waals surface area contributed by atoms with Crippen LogP contribution in [-0.2, 0) is 0 Å². The Labute approximate surface area is 188 Å². The van der Waals surface area contributed by atoms with E-state index < -0.39 is 12.7 Å². The van der Waals surface area contributed by atoms with Gasteiger partial charge in [-0.25, -0.2) is 0 Å². The number of halogens is 4. The average Bonchev–Trinajstić information content (AvgIpc) is 3.15. The van der Waals surface area contributed by atoms with Crippen molar-refractivity contribution in [1.82, 2.24) is 20.4 Å². The largest absolute Gasteiger partial charge is 0.468 e. The number of aliphatic imine (C=N–C) groups is 1. The van der Waals surface area contributed by atoms with Crippen molar-refractivity contribution >= 4 is 29.9 Å². The Bertz CT molecular complexity index is 577. The molecule has 1 aromatic heterocycles. The van der Waals surface area contributed by atoms with Crippen molar-refractivity contribution in [3.8, 4) is 0 Å². The Morgan fingerprint density at radius 1 is 1.28 bits per heavy atom. The van der Waals surface area contributed by atoms with Gasteiger partial charge in [-0.3, -0.25) is 14.8 Å². The number of furan rings is 1. The van der Waals surface area contributed by atoms with Crippen LogP contribution >= 0.6 is 24.0 Å². The van der Waals surface area contributed by atoms with E-state index in [-0.39, 0.29) is 36.6 Å². The highest BCUT2D eigenvalue weighted by atomic mass is 127. The number of rotatable bonds is 9. The molecule has 0 radical (unpaired) electrons. The van der Waals surface area contributed by atoms with Crippen molar-refractivity contribution in [1.29, 1.82) is 0 Å². The van der Waals surface area contributed by atoms with Crippen molar-refractivity contribution in [3.05, 3.63) is 24.2 Å². The molecule has 0 aromatic carbocycles. The van der Waals surface area contributed by atoms with Gasteiger partial charge in [0.15, 0.2) is 5.96 Å². The summed E-state index contributed by atoms with van der Waals surface area (Å²) in [7, 11) is 1.46. The van der Waals surface area contributed by atoms with Gasteiger partial charge in [0, 0.05) is 19.6 Å². The molecular formula is C19H33F3IN5O. The average molecular weight is 531 g/mol. The first-order valence-corrected chi connectivity index (χ1v) is 9.94. The number of likely N-dealkylation sites (N-methyl/N-ethyl adjacent to an activating group) is 1. The topological polar surface area (TPSA) is 56.0 Å². The molecule has 6 nitrogen and oxygen atoms in total. The quantitative estimate of drug-likeness (QED) is 0.291. The predicted octanol–water partition coefficient (Wildman–Crippen LogP) is 3.47. The third-order valence-corrected chi connectivity index (χ3v) is 4.70. The van der Waals surface area contributed by atoms with Crippen LogP contribution in [0.15, 0.2) is 27.8 Å². The number of alkyl halides is 3. The molecule has 0 spiro atoms. The molecule has 0 amide bonds. The van der Waals surface area contributed by atoms with E-state index in [4.69, 9.17) is 4.42 Å². The molecule has 168 valence electrons. The minimum atomic E-state index is -4.18. The minimum absolute atomic E-state index is 0. The fraction of sp³-hybridized carbons (Fsp3) is 0.737. The summed E-state index contributed by atoms with van der Waals surface area (Å²) in [6.45, 7) is 4.95. The SMILES string of the molecule is CCNC(=NCC(c1ccco1)N1CCCCC1)NCCN(C)CC(F)(F)F.I. The van der Waals surface area contributed by atoms with Crippen molar-refractivity contribution in [2.45, 2.75) is 38.4 Å². The van der Waals surface area contributed by atoms with Crippen molar-refractivity contribution in [2.24, 2.45) is 4.99 Å². The molecule has 2 heterocycles. The van der Waals surface area contributed by atoms with Crippen LogP contribution in [0, 0.1) is 0 Å². The molecule has 29 heavy (non-hydrogen) atoms. The number of guanidine groups is 1. The highest BCUT2D eigenvalue weighted by Gasteiger charge is 2.29. The van der Waals surface area contributed by atoms with Gasteiger partial charge in [-0.1, -0.05) is 6.42 Å². The standard InChI is InChI=1S/C19H32F3N5O.HI/c1-3-23-18(24-9-12-26(2)15-19(20,21)22)25-14-16(17-8-7-13-28-17)27-10-5-4-6-11-27;/h7-8,13,16H,3-6,9-12,14-15H2,1-2H3,(H2,23,24,25);1H. The van der Waals surface area contributed by atoms with Crippen LogP contribution in [-0.4, -0.2) is 74.8 Å². The second-order valence-corrected chi connectivity index (χ2v) is 7.13. The van der Waals surface area contributed by atoms with Crippen molar-refractivity contribution in [3.63, 3.8) is 0 Å².